The second kappa shape index (κ2) is 9.36. The van der Waals surface area contributed by atoms with Crippen LogP contribution in [-0.4, -0.2) is 18.8 Å². The third-order valence-electron chi connectivity index (χ3n) is 0. The lowest BCUT2D eigenvalue weighted by molar-refractivity contribution is 0.703. The van der Waals surface area contributed by atoms with Crippen LogP contribution in [-0.2, 0) is 0 Å². The molecule has 1 nitrogen and oxygen atoms in total. The largest absolute Gasteiger partial charge is 0.293 e. The SMILES string of the molecule is CN(C)P.Cl.Cl. The smallest absolute Gasteiger partial charge is 0.0102 e. The highest BCUT2D eigenvalue weighted by Crippen LogP contribution is 1.78. The Morgan fingerprint density at radius 2 is 1.17 bits per heavy atom. The minimum absolute atomic E-state index is 0. The molecule has 0 radical (unpaired) electrons. The molecule has 0 saturated heterocycles. The van der Waals surface area contributed by atoms with Gasteiger partial charge in [-0.25, -0.2) is 0 Å². The molecule has 6 heavy (non-hydrogen) atoms. The molecule has 4 heteroatoms. The molecule has 1 atom stereocenters. The van der Waals surface area contributed by atoms with E-state index in [1.54, 1.807) is 0 Å². The predicted octanol–water partition coefficient (Wildman–Crippen LogP) is 1.18. The summed E-state index contributed by atoms with van der Waals surface area (Å²) in [7, 11) is 6.42. The van der Waals surface area contributed by atoms with E-state index >= 15 is 0 Å². The van der Waals surface area contributed by atoms with Crippen LogP contribution in [0.3, 0.4) is 0 Å². The molecule has 0 aromatic rings. The zero-order valence-electron chi connectivity index (χ0n) is 3.84. The van der Waals surface area contributed by atoms with Gasteiger partial charge in [0.1, 0.15) is 0 Å². The molecule has 0 aromatic heterocycles. The van der Waals surface area contributed by atoms with Crippen molar-refractivity contribution in [2.75, 3.05) is 14.1 Å². The summed E-state index contributed by atoms with van der Waals surface area (Å²) in [5.41, 5.74) is 0. The summed E-state index contributed by atoms with van der Waals surface area (Å²) in [5, 5.41) is 0. The molecule has 0 amide bonds. The quantitative estimate of drug-likeness (QED) is 0.468. The van der Waals surface area contributed by atoms with E-state index in [9.17, 15) is 0 Å². The summed E-state index contributed by atoms with van der Waals surface area (Å²) >= 11 is 0. The standard InChI is InChI=1S/C2H8NP.2ClH/c1-3(2)4;;/h4H2,1-2H3;2*1H. The first-order chi connectivity index (χ1) is 1.73. The molecule has 0 aromatic carbocycles. The highest BCUT2D eigenvalue weighted by atomic mass is 35.5. The van der Waals surface area contributed by atoms with Gasteiger partial charge in [0.25, 0.3) is 0 Å². The Morgan fingerprint density at radius 1 is 1.17 bits per heavy atom. The fraction of sp³-hybridized carbons (Fsp3) is 1.00. The summed E-state index contributed by atoms with van der Waals surface area (Å²) in [6, 6.07) is 0. The van der Waals surface area contributed by atoms with Gasteiger partial charge in [-0.3, -0.25) is 4.67 Å². The molecule has 0 N–H and O–H groups in total. The lowest BCUT2D eigenvalue weighted by atomic mass is 11.3. The first-order valence-corrected chi connectivity index (χ1v) is 1.67. The van der Waals surface area contributed by atoms with Gasteiger partial charge in [-0.05, 0) is 14.1 Å². The number of hydrogen-bond acceptors (Lipinski definition) is 1. The van der Waals surface area contributed by atoms with Gasteiger partial charge >= 0.3 is 0 Å². The summed E-state index contributed by atoms with van der Waals surface area (Å²) in [6.07, 6.45) is 0. The van der Waals surface area contributed by atoms with E-state index in [1.165, 1.54) is 0 Å². The van der Waals surface area contributed by atoms with Crippen molar-refractivity contribution in [1.29, 1.82) is 0 Å². The first-order valence-electron chi connectivity index (χ1n) is 1.15. The third-order valence-corrected chi connectivity index (χ3v) is 0. The number of rotatable bonds is 0. The maximum atomic E-state index is 2.49. The fourth-order valence-electron chi connectivity index (χ4n) is 0. The van der Waals surface area contributed by atoms with Crippen molar-refractivity contribution in [1.82, 2.24) is 4.67 Å². The first kappa shape index (κ1) is 15.8. The van der Waals surface area contributed by atoms with E-state index < -0.39 is 0 Å². The van der Waals surface area contributed by atoms with Gasteiger partial charge in [-0.1, -0.05) is 9.39 Å². The molecule has 0 heterocycles. The molecular weight excluding hydrogens is 140 g/mol. The zero-order chi connectivity index (χ0) is 3.58. The Morgan fingerprint density at radius 3 is 1.17 bits per heavy atom. The van der Waals surface area contributed by atoms with Gasteiger partial charge in [-0.2, -0.15) is 0 Å². The normalized spacial score (nSPS) is 6.00. The van der Waals surface area contributed by atoms with Crippen LogP contribution in [0.1, 0.15) is 0 Å². The van der Waals surface area contributed by atoms with Crippen LogP contribution in [0.2, 0.25) is 0 Å². The number of nitrogens with zero attached hydrogens (tertiary/aromatic N) is 1. The van der Waals surface area contributed by atoms with Crippen LogP contribution >= 0.6 is 34.2 Å². The fourth-order valence-corrected chi connectivity index (χ4v) is 0. The highest BCUT2D eigenvalue weighted by molar-refractivity contribution is 7.13. The number of hydrogen-bond donors (Lipinski definition) is 0. The topological polar surface area (TPSA) is 3.24 Å². The summed E-state index contributed by atoms with van der Waals surface area (Å²) in [5.74, 6) is 0. The van der Waals surface area contributed by atoms with Crippen molar-refractivity contribution < 1.29 is 0 Å². The van der Waals surface area contributed by atoms with Crippen molar-refractivity contribution in [2.45, 2.75) is 0 Å². The highest BCUT2D eigenvalue weighted by Gasteiger charge is 1.58. The second-order valence-corrected chi connectivity index (χ2v) is 2.00. The number of halogens is 2. The van der Waals surface area contributed by atoms with Crippen molar-refractivity contribution >= 4 is 34.2 Å². The molecule has 0 fully saturated rings. The molecule has 0 aliphatic carbocycles. The lowest BCUT2D eigenvalue weighted by Gasteiger charge is -1.90. The summed E-state index contributed by atoms with van der Waals surface area (Å²) in [6.45, 7) is 0. The summed E-state index contributed by atoms with van der Waals surface area (Å²) in [4.78, 5) is 0. The van der Waals surface area contributed by atoms with Crippen molar-refractivity contribution in [3.63, 3.8) is 0 Å². The van der Waals surface area contributed by atoms with E-state index in [4.69, 9.17) is 0 Å². The van der Waals surface area contributed by atoms with Crippen LogP contribution in [0, 0.1) is 0 Å². The average Bonchev–Trinajstić information content (AvgIpc) is 0.811. The minimum Gasteiger partial charge on any atom is -0.293 e. The van der Waals surface area contributed by atoms with Crippen LogP contribution in [0.25, 0.3) is 0 Å². The minimum atomic E-state index is 0. The van der Waals surface area contributed by atoms with Gasteiger partial charge in [0.2, 0.25) is 0 Å². The molecule has 0 rings (SSSR count). The van der Waals surface area contributed by atoms with Crippen LogP contribution in [0.15, 0.2) is 0 Å². The average molecular weight is 150 g/mol. The Hall–Kier alpha value is 0.970. The molecule has 42 valence electrons. The second-order valence-electron chi connectivity index (χ2n) is 0.964. The van der Waals surface area contributed by atoms with E-state index in [1.807, 2.05) is 18.8 Å². The van der Waals surface area contributed by atoms with Crippen molar-refractivity contribution in [3.8, 4) is 0 Å². The molecule has 0 aliphatic heterocycles. The Bertz CT molecular complexity index is 16.3. The van der Waals surface area contributed by atoms with Gasteiger partial charge < -0.3 is 0 Å². The van der Waals surface area contributed by atoms with E-state index in [0.29, 0.717) is 0 Å². The zero-order valence-corrected chi connectivity index (χ0v) is 6.63. The maximum absolute atomic E-state index is 2.49. The Labute approximate surface area is 53.6 Å². The van der Waals surface area contributed by atoms with Crippen LogP contribution < -0.4 is 0 Å². The predicted molar refractivity (Wildman–Crippen MR) is 37.9 cm³/mol. The van der Waals surface area contributed by atoms with Crippen molar-refractivity contribution in [3.05, 3.63) is 0 Å². The monoisotopic (exact) mass is 149 g/mol. The van der Waals surface area contributed by atoms with E-state index in [0.717, 1.165) is 0 Å². The van der Waals surface area contributed by atoms with Crippen LogP contribution in [0.4, 0.5) is 0 Å². The van der Waals surface area contributed by atoms with Gasteiger partial charge in [-0.15, -0.1) is 24.8 Å². The Balaban J connectivity index is -0.0000000450. The summed E-state index contributed by atoms with van der Waals surface area (Å²) < 4.78 is 1.92. The molecule has 0 aliphatic rings. The Kier molecular flexibility index (Phi) is 24.6. The van der Waals surface area contributed by atoms with Gasteiger partial charge in [0.15, 0.2) is 0 Å². The van der Waals surface area contributed by atoms with Gasteiger partial charge in [0, 0.05) is 0 Å². The lowest BCUT2D eigenvalue weighted by Crippen LogP contribution is -1.88. The van der Waals surface area contributed by atoms with E-state index in [-0.39, 0.29) is 24.8 Å². The van der Waals surface area contributed by atoms with Crippen molar-refractivity contribution in [2.24, 2.45) is 0 Å². The maximum Gasteiger partial charge on any atom is -0.0102 e. The molecule has 0 saturated carbocycles. The van der Waals surface area contributed by atoms with E-state index in [2.05, 4.69) is 9.39 Å². The molecule has 1 unspecified atom stereocenters. The molecular formula is C2H10Cl2NP. The molecule has 0 bridgehead atoms. The van der Waals surface area contributed by atoms with Crippen LogP contribution in [0.5, 0.6) is 0 Å². The molecule has 0 spiro atoms. The van der Waals surface area contributed by atoms with Gasteiger partial charge in [0.05, 0.1) is 0 Å². The third kappa shape index (κ3) is 83.3.